The summed E-state index contributed by atoms with van der Waals surface area (Å²) in [7, 11) is 1.70. The number of methoxy groups -OCH3 is 1. The summed E-state index contributed by atoms with van der Waals surface area (Å²) in [4.78, 5) is 1.32. The van der Waals surface area contributed by atoms with Gasteiger partial charge in [-0.25, -0.2) is 0 Å². The van der Waals surface area contributed by atoms with Crippen molar-refractivity contribution in [1.82, 2.24) is 5.32 Å². The Kier molecular flexibility index (Phi) is 6.03. The minimum atomic E-state index is 0. The molecule has 0 bridgehead atoms. The van der Waals surface area contributed by atoms with Crippen LogP contribution >= 0.6 is 24.2 Å². The van der Waals surface area contributed by atoms with Crippen molar-refractivity contribution in [3.8, 4) is 5.75 Å². The maximum absolute atomic E-state index is 5.13. The van der Waals surface area contributed by atoms with Gasteiger partial charge < -0.3 is 10.1 Å². The Hall–Kier alpha value is -0.380. The van der Waals surface area contributed by atoms with Gasteiger partial charge in [-0.2, -0.15) is 0 Å². The lowest BCUT2D eigenvalue weighted by Crippen LogP contribution is -2.23. The zero-order chi connectivity index (χ0) is 10.5. The Labute approximate surface area is 108 Å². The fourth-order valence-electron chi connectivity index (χ4n) is 1.77. The number of halogens is 1. The van der Waals surface area contributed by atoms with E-state index >= 15 is 0 Å². The minimum Gasteiger partial charge on any atom is -0.497 e. The molecular formula is C12H18ClNOS. The van der Waals surface area contributed by atoms with Crippen molar-refractivity contribution in [3.05, 3.63) is 24.3 Å². The summed E-state index contributed by atoms with van der Waals surface area (Å²) in [6, 6.07) is 8.99. The lowest BCUT2D eigenvalue weighted by atomic mass is 10.3. The second kappa shape index (κ2) is 7.05. The maximum Gasteiger partial charge on any atom is 0.118 e. The van der Waals surface area contributed by atoms with Crippen LogP contribution in [0.3, 0.4) is 0 Å². The summed E-state index contributed by atoms with van der Waals surface area (Å²) in [6.07, 6.45) is 2.65. The summed E-state index contributed by atoms with van der Waals surface area (Å²) >= 11 is 1.92. The van der Waals surface area contributed by atoms with E-state index < -0.39 is 0 Å². The molecule has 90 valence electrons. The third kappa shape index (κ3) is 3.89. The second-order valence-electron chi connectivity index (χ2n) is 3.78. The number of rotatable bonds is 4. The lowest BCUT2D eigenvalue weighted by Gasteiger charge is -2.09. The van der Waals surface area contributed by atoms with E-state index in [0.29, 0.717) is 6.04 Å². The summed E-state index contributed by atoms with van der Waals surface area (Å²) in [5.74, 6) is 2.10. The second-order valence-corrected chi connectivity index (χ2v) is 4.87. The lowest BCUT2D eigenvalue weighted by molar-refractivity contribution is 0.414. The van der Waals surface area contributed by atoms with E-state index in [1.54, 1.807) is 7.11 Å². The summed E-state index contributed by atoms with van der Waals surface area (Å²) < 4.78 is 5.13. The third-order valence-electron chi connectivity index (χ3n) is 2.67. The van der Waals surface area contributed by atoms with Crippen molar-refractivity contribution in [1.29, 1.82) is 0 Å². The molecule has 1 aliphatic rings. The molecule has 1 heterocycles. The molecule has 1 atom stereocenters. The highest BCUT2D eigenvalue weighted by atomic mass is 35.5. The van der Waals surface area contributed by atoms with Crippen LogP contribution in [0.25, 0.3) is 0 Å². The van der Waals surface area contributed by atoms with Crippen molar-refractivity contribution < 1.29 is 4.74 Å². The zero-order valence-corrected chi connectivity index (χ0v) is 11.1. The molecule has 1 aliphatic heterocycles. The number of hydrogen-bond acceptors (Lipinski definition) is 3. The van der Waals surface area contributed by atoms with E-state index in [0.717, 1.165) is 5.75 Å². The molecule has 2 nitrogen and oxygen atoms in total. The van der Waals surface area contributed by atoms with Crippen molar-refractivity contribution in [2.24, 2.45) is 0 Å². The van der Waals surface area contributed by atoms with Crippen LogP contribution in [0.15, 0.2) is 29.2 Å². The highest BCUT2D eigenvalue weighted by Crippen LogP contribution is 2.23. The van der Waals surface area contributed by atoms with E-state index in [2.05, 4.69) is 17.4 Å². The quantitative estimate of drug-likeness (QED) is 0.840. The van der Waals surface area contributed by atoms with Crippen LogP contribution in [0.5, 0.6) is 5.75 Å². The van der Waals surface area contributed by atoms with Gasteiger partial charge in [-0.3, -0.25) is 0 Å². The molecule has 4 heteroatoms. The largest absolute Gasteiger partial charge is 0.497 e. The SMILES string of the molecule is COc1ccc(SCC2CCCN2)cc1.Cl. The first kappa shape index (κ1) is 13.7. The molecule has 0 amide bonds. The molecule has 1 fully saturated rings. The normalized spacial score (nSPS) is 19.2. The van der Waals surface area contributed by atoms with Crippen molar-refractivity contribution in [3.63, 3.8) is 0 Å². The molecule has 1 unspecified atom stereocenters. The molecule has 1 aromatic carbocycles. The first-order valence-corrected chi connectivity index (χ1v) is 6.37. The average Bonchev–Trinajstić information content (AvgIpc) is 2.80. The van der Waals surface area contributed by atoms with Gasteiger partial charge in [0.25, 0.3) is 0 Å². The van der Waals surface area contributed by atoms with E-state index in [9.17, 15) is 0 Å². The molecule has 0 aliphatic carbocycles. The topological polar surface area (TPSA) is 21.3 Å². The van der Waals surface area contributed by atoms with Gasteiger partial charge in [-0.1, -0.05) is 0 Å². The molecule has 0 saturated carbocycles. The smallest absolute Gasteiger partial charge is 0.118 e. The van der Waals surface area contributed by atoms with Crippen LogP contribution in [0.1, 0.15) is 12.8 Å². The standard InChI is InChI=1S/C12H17NOS.ClH/c1-14-11-4-6-12(7-5-11)15-9-10-3-2-8-13-10;/h4-7,10,13H,2-3,8-9H2,1H3;1H. The first-order chi connectivity index (χ1) is 7.38. The first-order valence-electron chi connectivity index (χ1n) is 5.39. The van der Waals surface area contributed by atoms with Gasteiger partial charge in [0.15, 0.2) is 0 Å². The number of thioether (sulfide) groups is 1. The predicted molar refractivity (Wildman–Crippen MR) is 72.0 cm³/mol. The molecule has 2 rings (SSSR count). The Morgan fingerprint density at radius 3 is 2.69 bits per heavy atom. The van der Waals surface area contributed by atoms with Crippen LogP contribution in [-0.4, -0.2) is 25.4 Å². The molecular weight excluding hydrogens is 242 g/mol. The molecule has 1 N–H and O–H groups in total. The van der Waals surface area contributed by atoms with Gasteiger partial charge in [0, 0.05) is 16.7 Å². The van der Waals surface area contributed by atoms with Crippen LogP contribution in [0, 0.1) is 0 Å². The number of ether oxygens (including phenoxy) is 1. The van der Waals surface area contributed by atoms with Gasteiger partial charge in [0.05, 0.1) is 7.11 Å². The monoisotopic (exact) mass is 259 g/mol. The fraction of sp³-hybridized carbons (Fsp3) is 0.500. The zero-order valence-electron chi connectivity index (χ0n) is 9.44. The highest BCUT2D eigenvalue weighted by molar-refractivity contribution is 7.99. The summed E-state index contributed by atoms with van der Waals surface area (Å²) in [6.45, 7) is 1.19. The molecule has 1 saturated heterocycles. The van der Waals surface area contributed by atoms with Crippen LogP contribution in [0.4, 0.5) is 0 Å². The molecule has 0 radical (unpaired) electrons. The van der Waals surface area contributed by atoms with Gasteiger partial charge in [0.2, 0.25) is 0 Å². The van der Waals surface area contributed by atoms with Gasteiger partial charge in [-0.05, 0) is 43.7 Å². The van der Waals surface area contributed by atoms with E-state index in [-0.39, 0.29) is 12.4 Å². The summed E-state index contributed by atoms with van der Waals surface area (Å²) in [5.41, 5.74) is 0. The fourth-order valence-corrected chi connectivity index (χ4v) is 2.77. The minimum absolute atomic E-state index is 0. The van der Waals surface area contributed by atoms with Gasteiger partial charge in [0.1, 0.15) is 5.75 Å². The van der Waals surface area contributed by atoms with Gasteiger partial charge >= 0.3 is 0 Å². The van der Waals surface area contributed by atoms with Gasteiger partial charge in [-0.15, -0.1) is 24.2 Å². The Morgan fingerprint density at radius 1 is 1.38 bits per heavy atom. The predicted octanol–water partition coefficient (Wildman–Crippen LogP) is 2.96. The number of benzene rings is 1. The molecule has 1 aromatic rings. The number of hydrogen-bond donors (Lipinski definition) is 1. The maximum atomic E-state index is 5.13. The van der Waals surface area contributed by atoms with Crippen LogP contribution in [0.2, 0.25) is 0 Å². The number of nitrogens with one attached hydrogen (secondary N) is 1. The van der Waals surface area contributed by atoms with Crippen LogP contribution in [-0.2, 0) is 0 Å². The van der Waals surface area contributed by atoms with Crippen molar-refractivity contribution in [2.45, 2.75) is 23.8 Å². The average molecular weight is 260 g/mol. The van der Waals surface area contributed by atoms with Crippen LogP contribution < -0.4 is 10.1 Å². The molecule has 0 spiro atoms. The Morgan fingerprint density at radius 2 is 2.12 bits per heavy atom. The highest BCUT2D eigenvalue weighted by Gasteiger charge is 2.13. The molecule has 0 aromatic heterocycles. The Bertz CT molecular complexity index is 298. The van der Waals surface area contributed by atoms with Crippen molar-refractivity contribution in [2.75, 3.05) is 19.4 Å². The third-order valence-corrected chi connectivity index (χ3v) is 3.85. The van der Waals surface area contributed by atoms with E-state index in [4.69, 9.17) is 4.74 Å². The molecule has 16 heavy (non-hydrogen) atoms. The van der Waals surface area contributed by atoms with Crippen molar-refractivity contribution >= 4 is 24.2 Å². The van der Waals surface area contributed by atoms with E-state index in [1.807, 2.05) is 23.9 Å². The summed E-state index contributed by atoms with van der Waals surface area (Å²) in [5, 5.41) is 3.50. The van der Waals surface area contributed by atoms with E-state index in [1.165, 1.54) is 30.0 Å². The Balaban J connectivity index is 0.00000128.